The van der Waals surface area contributed by atoms with Gasteiger partial charge in [0.05, 0.1) is 17.2 Å². The lowest BCUT2D eigenvalue weighted by Gasteiger charge is -2.16. The molecule has 0 bridgehead atoms. The van der Waals surface area contributed by atoms with Crippen molar-refractivity contribution in [3.8, 4) is 0 Å². The Morgan fingerprint density at radius 1 is 1.09 bits per heavy atom. The van der Waals surface area contributed by atoms with Crippen LogP contribution in [-0.4, -0.2) is 5.91 Å². The molecular weight excluding hydrogens is 406 g/mol. The van der Waals surface area contributed by atoms with Gasteiger partial charge in [-0.25, -0.2) is 0 Å². The van der Waals surface area contributed by atoms with E-state index < -0.39 is 11.7 Å². The minimum Gasteiger partial charge on any atom is -0.345 e. The third-order valence-electron chi connectivity index (χ3n) is 3.20. The molecule has 1 atom stereocenters. The van der Waals surface area contributed by atoms with Crippen LogP contribution in [0.4, 0.5) is 13.2 Å². The average molecular weight is 419 g/mol. The maximum absolute atomic E-state index is 12.5. The van der Waals surface area contributed by atoms with E-state index in [-0.39, 0.29) is 11.9 Å². The molecule has 0 saturated carbocycles. The fourth-order valence-electron chi connectivity index (χ4n) is 1.96. The van der Waals surface area contributed by atoms with Gasteiger partial charge in [0.1, 0.15) is 0 Å². The van der Waals surface area contributed by atoms with Crippen molar-refractivity contribution in [1.29, 1.82) is 0 Å². The number of amides is 1. The van der Waals surface area contributed by atoms with Gasteiger partial charge in [0.25, 0.3) is 5.91 Å². The van der Waals surface area contributed by atoms with E-state index in [1.807, 2.05) is 12.1 Å². The molecule has 0 saturated heterocycles. The molecule has 2 nitrogen and oxygen atoms in total. The summed E-state index contributed by atoms with van der Waals surface area (Å²) in [5, 5.41) is 2.79. The number of rotatable bonds is 3. The van der Waals surface area contributed by atoms with Gasteiger partial charge in [-0.1, -0.05) is 24.3 Å². The lowest BCUT2D eigenvalue weighted by Crippen LogP contribution is -2.27. The van der Waals surface area contributed by atoms with Crippen molar-refractivity contribution in [2.24, 2.45) is 0 Å². The van der Waals surface area contributed by atoms with Gasteiger partial charge in [0.2, 0.25) is 0 Å². The molecule has 0 radical (unpaired) electrons. The SMILES string of the molecule is CC(NC(=O)c1ccccc1I)c1ccc(C(F)(F)F)cc1. The van der Waals surface area contributed by atoms with E-state index in [2.05, 4.69) is 27.9 Å². The normalized spacial score (nSPS) is 12.8. The lowest BCUT2D eigenvalue weighted by atomic mass is 10.1. The summed E-state index contributed by atoms with van der Waals surface area (Å²) in [7, 11) is 0. The largest absolute Gasteiger partial charge is 0.416 e. The smallest absolute Gasteiger partial charge is 0.345 e. The molecule has 1 unspecified atom stereocenters. The predicted octanol–water partition coefficient (Wildman–Crippen LogP) is 4.80. The van der Waals surface area contributed by atoms with E-state index in [0.717, 1.165) is 15.7 Å². The molecule has 116 valence electrons. The minimum absolute atomic E-state index is 0.252. The van der Waals surface area contributed by atoms with Gasteiger partial charge in [-0.15, -0.1) is 0 Å². The molecule has 0 aliphatic heterocycles. The number of alkyl halides is 3. The second-order valence-corrected chi connectivity index (χ2v) is 5.96. The number of carbonyl (C=O) groups is 1. The third-order valence-corrected chi connectivity index (χ3v) is 4.14. The highest BCUT2D eigenvalue weighted by Gasteiger charge is 2.30. The van der Waals surface area contributed by atoms with Crippen LogP contribution in [0.15, 0.2) is 48.5 Å². The Balaban J connectivity index is 2.11. The van der Waals surface area contributed by atoms with Gasteiger partial charge in [-0.05, 0) is 59.3 Å². The van der Waals surface area contributed by atoms with Crippen LogP contribution in [0.2, 0.25) is 0 Å². The van der Waals surface area contributed by atoms with Gasteiger partial charge in [-0.2, -0.15) is 13.2 Å². The number of hydrogen-bond donors (Lipinski definition) is 1. The Morgan fingerprint density at radius 2 is 1.68 bits per heavy atom. The fraction of sp³-hybridized carbons (Fsp3) is 0.188. The predicted molar refractivity (Wildman–Crippen MR) is 86.5 cm³/mol. The zero-order chi connectivity index (χ0) is 16.3. The minimum atomic E-state index is -4.36. The molecule has 0 spiro atoms. The summed E-state index contributed by atoms with van der Waals surface area (Å²) in [5.41, 5.74) is 0.460. The van der Waals surface area contributed by atoms with Gasteiger partial charge >= 0.3 is 6.18 Å². The molecule has 0 aliphatic rings. The summed E-state index contributed by atoms with van der Waals surface area (Å²) in [4.78, 5) is 12.2. The quantitative estimate of drug-likeness (QED) is 0.712. The molecule has 0 fully saturated rings. The average Bonchev–Trinajstić information content (AvgIpc) is 2.46. The molecule has 0 aliphatic carbocycles. The summed E-state index contributed by atoms with van der Waals surface area (Å²) in [6, 6.07) is 11.5. The molecule has 1 amide bonds. The molecule has 2 aromatic rings. The molecule has 0 heterocycles. The van der Waals surface area contributed by atoms with Crippen molar-refractivity contribution in [3.63, 3.8) is 0 Å². The van der Waals surface area contributed by atoms with E-state index in [1.165, 1.54) is 12.1 Å². The van der Waals surface area contributed by atoms with Crippen molar-refractivity contribution >= 4 is 28.5 Å². The Morgan fingerprint density at radius 3 is 2.23 bits per heavy atom. The van der Waals surface area contributed by atoms with Crippen molar-refractivity contribution in [3.05, 3.63) is 68.8 Å². The topological polar surface area (TPSA) is 29.1 Å². The summed E-state index contributed by atoms with van der Waals surface area (Å²) in [6.07, 6.45) is -4.36. The van der Waals surface area contributed by atoms with Crippen LogP contribution in [0.5, 0.6) is 0 Å². The van der Waals surface area contributed by atoms with Crippen LogP contribution in [-0.2, 0) is 6.18 Å². The van der Waals surface area contributed by atoms with Crippen LogP contribution in [0, 0.1) is 3.57 Å². The van der Waals surface area contributed by atoms with Crippen LogP contribution >= 0.6 is 22.6 Å². The first-order valence-electron chi connectivity index (χ1n) is 6.51. The Bertz CT molecular complexity index is 668. The van der Waals surface area contributed by atoms with Gasteiger partial charge < -0.3 is 5.32 Å². The van der Waals surface area contributed by atoms with Gasteiger partial charge in [-0.3, -0.25) is 4.79 Å². The van der Waals surface area contributed by atoms with Crippen LogP contribution < -0.4 is 5.32 Å². The zero-order valence-corrected chi connectivity index (χ0v) is 13.8. The summed E-state index contributed by atoms with van der Waals surface area (Å²) in [5.74, 6) is -0.252. The number of benzene rings is 2. The van der Waals surface area contributed by atoms with Crippen LogP contribution in [0.25, 0.3) is 0 Å². The van der Waals surface area contributed by atoms with Crippen molar-refractivity contribution < 1.29 is 18.0 Å². The standard InChI is InChI=1S/C16H13F3INO/c1-10(11-6-8-12(9-7-11)16(17,18)19)21-15(22)13-4-2-3-5-14(13)20/h2-10H,1H3,(H,21,22). The Hall–Kier alpha value is -1.57. The van der Waals surface area contributed by atoms with Gasteiger partial charge in [0.15, 0.2) is 0 Å². The van der Waals surface area contributed by atoms with Crippen LogP contribution in [0.3, 0.4) is 0 Å². The molecular formula is C16H13F3INO. The second kappa shape index (κ2) is 6.68. The first-order valence-corrected chi connectivity index (χ1v) is 7.59. The van der Waals surface area contributed by atoms with E-state index in [4.69, 9.17) is 0 Å². The van der Waals surface area contributed by atoms with E-state index in [9.17, 15) is 18.0 Å². The first kappa shape index (κ1) is 16.8. The van der Waals surface area contributed by atoms with E-state index >= 15 is 0 Å². The molecule has 1 N–H and O–H groups in total. The highest BCUT2D eigenvalue weighted by atomic mass is 127. The maximum atomic E-state index is 12.5. The van der Waals surface area contributed by atoms with Gasteiger partial charge in [0, 0.05) is 3.57 Å². The van der Waals surface area contributed by atoms with Crippen molar-refractivity contribution in [1.82, 2.24) is 5.32 Å². The lowest BCUT2D eigenvalue weighted by molar-refractivity contribution is -0.137. The number of nitrogens with one attached hydrogen (secondary N) is 1. The molecule has 6 heteroatoms. The Kier molecular flexibility index (Phi) is 5.10. The first-order chi connectivity index (χ1) is 10.3. The summed E-state index contributed by atoms with van der Waals surface area (Å²) >= 11 is 2.06. The molecule has 22 heavy (non-hydrogen) atoms. The highest BCUT2D eigenvalue weighted by molar-refractivity contribution is 14.1. The monoisotopic (exact) mass is 419 g/mol. The third kappa shape index (κ3) is 4.00. The molecule has 2 rings (SSSR count). The number of halogens is 4. The zero-order valence-electron chi connectivity index (χ0n) is 11.6. The Labute approximate surface area is 139 Å². The number of hydrogen-bond acceptors (Lipinski definition) is 1. The highest BCUT2D eigenvalue weighted by Crippen LogP contribution is 2.29. The van der Waals surface area contributed by atoms with Crippen molar-refractivity contribution in [2.45, 2.75) is 19.1 Å². The van der Waals surface area contributed by atoms with Crippen LogP contribution in [0.1, 0.15) is 34.5 Å². The van der Waals surface area contributed by atoms with Crippen molar-refractivity contribution in [2.75, 3.05) is 0 Å². The molecule has 0 aromatic heterocycles. The summed E-state index contributed by atoms with van der Waals surface area (Å²) < 4.78 is 38.4. The second-order valence-electron chi connectivity index (χ2n) is 4.79. The fourth-order valence-corrected chi connectivity index (χ4v) is 2.60. The summed E-state index contributed by atoms with van der Waals surface area (Å²) in [6.45, 7) is 1.73. The van der Waals surface area contributed by atoms with E-state index in [0.29, 0.717) is 11.1 Å². The van der Waals surface area contributed by atoms with E-state index in [1.54, 1.807) is 19.1 Å². The molecule has 2 aromatic carbocycles. The number of carbonyl (C=O) groups excluding carboxylic acids is 1. The maximum Gasteiger partial charge on any atom is 0.416 e.